The van der Waals surface area contributed by atoms with Gasteiger partial charge in [-0.25, -0.2) is 0 Å². The van der Waals surface area contributed by atoms with E-state index in [4.69, 9.17) is 4.74 Å². The molecule has 2 aromatic rings. The number of amides is 2. The number of allylic oxidation sites excluding steroid dienone is 2. The molecule has 0 spiro atoms. The average Bonchev–Trinajstić information content (AvgIpc) is 3.00. The standard InChI is InChI=1S/C23H22N2O3/c1-2-28-19-12-11-14-5-3-4-6-17(14)18(19)13-24-25-22(26)20-15-7-8-16(10-9-15)21(20)23(25)27/h3-8,11-13,15-16,20-21H,2,9-10H2,1H3/b24-13-/t15-,16-,20+,21+/m1/s1. The molecule has 6 rings (SSSR count). The highest BCUT2D eigenvalue weighted by Gasteiger charge is 2.56. The van der Waals surface area contributed by atoms with Gasteiger partial charge in [-0.2, -0.15) is 10.1 Å². The molecule has 2 fully saturated rings. The third-order valence-corrected chi connectivity index (χ3v) is 6.27. The van der Waals surface area contributed by atoms with Crippen LogP contribution in [0, 0.1) is 23.7 Å². The van der Waals surface area contributed by atoms with Gasteiger partial charge in [0, 0.05) is 5.56 Å². The molecule has 2 amide bonds. The highest BCUT2D eigenvalue weighted by molar-refractivity contribution is 6.08. The number of hydrogen-bond donors (Lipinski definition) is 0. The molecule has 1 saturated heterocycles. The molecule has 5 nitrogen and oxygen atoms in total. The Morgan fingerprint density at radius 2 is 1.71 bits per heavy atom. The molecule has 3 aliphatic carbocycles. The summed E-state index contributed by atoms with van der Waals surface area (Å²) in [6.45, 7) is 2.46. The molecule has 28 heavy (non-hydrogen) atoms. The second-order valence-electron chi connectivity index (χ2n) is 7.71. The molecule has 0 radical (unpaired) electrons. The van der Waals surface area contributed by atoms with E-state index in [1.165, 1.54) is 0 Å². The topological polar surface area (TPSA) is 59.0 Å². The Balaban J connectivity index is 1.52. The lowest BCUT2D eigenvalue weighted by Crippen LogP contribution is -2.38. The summed E-state index contributed by atoms with van der Waals surface area (Å²) in [5.41, 5.74) is 0.788. The first-order chi connectivity index (χ1) is 13.7. The number of imide groups is 1. The number of fused-ring (bicyclic) bond motifs is 2. The first kappa shape index (κ1) is 17.2. The second kappa shape index (κ2) is 6.59. The van der Waals surface area contributed by atoms with E-state index < -0.39 is 0 Å². The van der Waals surface area contributed by atoms with Crippen molar-refractivity contribution in [2.24, 2.45) is 28.8 Å². The van der Waals surface area contributed by atoms with Gasteiger partial charge in [-0.3, -0.25) is 9.59 Å². The number of benzene rings is 2. The van der Waals surface area contributed by atoms with Gasteiger partial charge < -0.3 is 4.74 Å². The van der Waals surface area contributed by atoms with Crippen molar-refractivity contribution in [3.8, 4) is 5.75 Å². The maximum Gasteiger partial charge on any atom is 0.254 e. The van der Waals surface area contributed by atoms with Crippen molar-refractivity contribution >= 4 is 28.8 Å². The summed E-state index contributed by atoms with van der Waals surface area (Å²) in [6.07, 6.45) is 7.81. The van der Waals surface area contributed by atoms with Crippen LogP contribution >= 0.6 is 0 Å². The molecule has 4 atom stereocenters. The van der Waals surface area contributed by atoms with Crippen LogP contribution in [0.5, 0.6) is 5.75 Å². The van der Waals surface area contributed by atoms with Crippen LogP contribution in [0.1, 0.15) is 25.3 Å². The lowest BCUT2D eigenvalue weighted by atomic mass is 9.63. The second-order valence-corrected chi connectivity index (χ2v) is 7.71. The average molecular weight is 374 g/mol. The smallest absolute Gasteiger partial charge is 0.254 e. The monoisotopic (exact) mass is 374 g/mol. The predicted molar refractivity (Wildman–Crippen MR) is 107 cm³/mol. The zero-order valence-electron chi connectivity index (χ0n) is 15.7. The van der Waals surface area contributed by atoms with Crippen LogP contribution in [0.2, 0.25) is 0 Å². The third kappa shape index (κ3) is 2.49. The fraction of sp³-hybridized carbons (Fsp3) is 0.348. The Labute approximate surface area is 163 Å². The number of hydrogen-bond acceptors (Lipinski definition) is 4. The zero-order valence-corrected chi connectivity index (χ0v) is 15.7. The normalized spacial score (nSPS) is 28.5. The molecule has 5 heteroatoms. The highest BCUT2D eigenvalue weighted by atomic mass is 16.5. The van der Waals surface area contributed by atoms with Crippen molar-refractivity contribution in [3.63, 3.8) is 0 Å². The van der Waals surface area contributed by atoms with Crippen molar-refractivity contribution in [2.75, 3.05) is 6.61 Å². The lowest BCUT2D eigenvalue weighted by molar-refractivity contribution is -0.140. The van der Waals surface area contributed by atoms with Crippen LogP contribution in [0.3, 0.4) is 0 Å². The van der Waals surface area contributed by atoms with Gasteiger partial charge in [0.25, 0.3) is 11.8 Å². The van der Waals surface area contributed by atoms with Gasteiger partial charge in [-0.15, -0.1) is 0 Å². The minimum atomic E-state index is -0.243. The van der Waals surface area contributed by atoms with Crippen molar-refractivity contribution in [2.45, 2.75) is 19.8 Å². The first-order valence-electron chi connectivity index (χ1n) is 9.93. The van der Waals surface area contributed by atoms with E-state index in [0.29, 0.717) is 12.4 Å². The molecule has 1 saturated carbocycles. The molecule has 142 valence electrons. The zero-order chi connectivity index (χ0) is 19.3. The minimum absolute atomic E-state index is 0.163. The molecule has 2 bridgehead atoms. The SMILES string of the molecule is CCOc1ccc2ccccc2c1/C=N\N1C(=O)[C@@H]2[C@@H](C1=O)[C@@H]1C=C[C@@H]2CC1. The quantitative estimate of drug-likeness (QED) is 0.465. The van der Waals surface area contributed by atoms with Crippen LogP contribution in [-0.4, -0.2) is 29.6 Å². The Bertz CT molecular complexity index is 994. The number of carbonyl (C=O) groups is 2. The van der Waals surface area contributed by atoms with Crippen LogP contribution < -0.4 is 4.74 Å². The molecule has 4 aliphatic rings. The Hall–Kier alpha value is -2.95. The predicted octanol–water partition coefficient (Wildman–Crippen LogP) is 3.77. The van der Waals surface area contributed by atoms with Crippen LogP contribution in [-0.2, 0) is 9.59 Å². The maximum atomic E-state index is 13.0. The van der Waals surface area contributed by atoms with E-state index in [0.717, 1.165) is 34.2 Å². The summed E-state index contributed by atoms with van der Waals surface area (Å²) in [5, 5.41) is 7.51. The lowest BCUT2D eigenvalue weighted by Gasteiger charge is -2.37. The van der Waals surface area contributed by atoms with Gasteiger partial charge in [-0.1, -0.05) is 42.5 Å². The van der Waals surface area contributed by atoms with Gasteiger partial charge in [0.1, 0.15) is 5.75 Å². The summed E-state index contributed by atoms with van der Waals surface area (Å²) in [4.78, 5) is 25.9. The molecular formula is C23H22N2O3. The number of nitrogens with zero attached hydrogens (tertiary/aromatic N) is 2. The summed E-state index contributed by atoms with van der Waals surface area (Å²) in [5.74, 6) is 0.223. The van der Waals surface area contributed by atoms with E-state index >= 15 is 0 Å². The van der Waals surface area contributed by atoms with Crippen LogP contribution in [0.15, 0.2) is 53.7 Å². The van der Waals surface area contributed by atoms with Crippen LogP contribution in [0.4, 0.5) is 0 Å². The van der Waals surface area contributed by atoms with Crippen LogP contribution in [0.25, 0.3) is 10.8 Å². The molecule has 0 unspecified atom stereocenters. The van der Waals surface area contributed by atoms with Gasteiger partial charge in [0.15, 0.2) is 0 Å². The van der Waals surface area contributed by atoms with Crippen molar-refractivity contribution in [3.05, 3.63) is 54.1 Å². The summed E-state index contributed by atoms with van der Waals surface area (Å²) in [7, 11) is 0. The third-order valence-electron chi connectivity index (χ3n) is 6.27. The summed E-state index contributed by atoms with van der Waals surface area (Å²) < 4.78 is 5.76. The summed E-state index contributed by atoms with van der Waals surface area (Å²) in [6, 6.07) is 11.9. The number of rotatable bonds is 4. The van der Waals surface area contributed by atoms with E-state index in [9.17, 15) is 9.59 Å². The molecule has 1 heterocycles. The van der Waals surface area contributed by atoms with Crippen molar-refractivity contribution in [1.29, 1.82) is 0 Å². The fourth-order valence-electron chi connectivity index (χ4n) is 4.98. The summed E-state index contributed by atoms with van der Waals surface area (Å²) >= 11 is 0. The molecule has 1 aliphatic heterocycles. The van der Waals surface area contributed by atoms with E-state index in [1.807, 2.05) is 43.3 Å². The van der Waals surface area contributed by atoms with E-state index in [1.54, 1.807) is 6.21 Å². The van der Waals surface area contributed by atoms with Gasteiger partial charge in [0.05, 0.1) is 24.7 Å². The fourth-order valence-corrected chi connectivity index (χ4v) is 4.98. The Morgan fingerprint density at radius 3 is 2.36 bits per heavy atom. The highest BCUT2D eigenvalue weighted by Crippen LogP contribution is 2.49. The number of ether oxygens (including phenoxy) is 1. The molecule has 0 aromatic heterocycles. The molecular weight excluding hydrogens is 352 g/mol. The molecule has 2 aromatic carbocycles. The van der Waals surface area contributed by atoms with Gasteiger partial charge >= 0.3 is 0 Å². The van der Waals surface area contributed by atoms with Crippen molar-refractivity contribution < 1.29 is 14.3 Å². The van der Waals surface area contributed by atoms with Crippen molar-refractivity contribution in [1.82, 2.24) is 5.01 Å². The van der Waals surface area contributed by atoms with Gasteiger partial charge in [0.2, 0.25) is 0 Å². The minimum Gasteiger partial charge on any atom is -0.493 e. The Kier molecular flexibility index (Phi) is 4.04. The first-order valence-corrected chi connectivity index (χ1v) is 9.93. The largest absolute Gasteiger partial charge is 0.493 e. The van der Waals surface area contributed by atoms with E-state index in [2.05, 4.69) is 17.3 Å². The number of carbonyl (C=O) groups excluding carboxylic acids is 2. The maximum absolute atomic E-state index is 13.0. The number of hydrazone groups is 1. The van der Waals surface area contributed by atoms with Gasteiger partial charge in [-0.05, 0) is 48.4 Å². The Morgan fingerprint density at radius 1 is 1.04 bits per heavy atom. The van der Waals surface area contributed by atoms with E-state index in [-0.39, 0.29) is 35.5 Å². The molecule has 0 N–H and O–H groups in total.